The molecule has 0 heterocycles. The third kappa shape index (κ3) is 2.82. The molecule has 2 rings (SSSR count). The minimum atomic E-state index is -0.478. The van der Waals surface area contributed by atoms with E-state index in [1.165, 1.54) is 6.07 Å². The van der Waals surface area contributed by atoms with Crippen LogP contribution in [0.4, 0.5) is 0 Å². The first-order chi connectivity index (χ1) is 9.65. The number of hydrogen-bond donors (Lipinski definition) is 4. The third-order valence-electron chi connectivity index (χ3n) is 2.83. The molecule has 6 N–H and O–H groups in total. The maximum absolute atomic E-state index is 11.7. The van der Waals surface area contributed by atoms with E-state index in [9.17, 15) is 9.59 Å². The van der Waals surface area contributed by atoms with Crippen LogP contribution in [0, 0.1) is 0 Å². The Morgan fingerprint density at radius 3 is 1.70 bits per heavy atom. The first kappa shape index (κ1) is 13.7. The van der Waals surface area contributed by atoms with Gasteiger partial charge in [-0.15, -0.1) is 0 Å². The maximum Gasteiger partial charge on any atom is 0.265 e. The molecular weight excluding hydrogens is 256 g/mol. The molecule has 2 amide bonds. The van der Waals surface area contributed by atoms with E-state index in [2.05, 4.69) is 0 Å². The number of nitrogens with two attached hydrogens (primary N) is 2. The van der Waals surface area contributed by atoms with Gasteiger partial charge >= 0.3 is 0 Å². The lowest BCUT2D eigenvalue weighted by atomic mass is 9.99. The SMILES string of the molecule is NNC(=O)c1cc(C(=O)NN)cc(-c2ccccc2)c1. The molecule has 0 saturated heterocycles. The number of carbonyl (C=O) groups is 2. The fraction of sp³-hybridized carbons (Fsp3) is 0. The van der Waals surface area contributed by atoms with Crippen LogP contribution < -0.4 is 22.5 Å². The van der Waals surface area contributed by atoms with Gasteiger partial charge in [0.05, 0.1) is 0 Å². The van der Waals surface area contributed by atoms with Crippen molar-refractivity contribution in [2.75, 3.05) is 0 Å². The topological polar surface area (TPSA) is 110 Å². The van der Waals surface area contributed by atoms with E-state index >= 15 is 0 Å². The van der Waals surface area contributed by atoms with Crippen molar-refractivity contribution < 1.29 is 9.59 Å². The van der Waals surface area contributed by atoms with Gasteiger partial charge < -0.3 is 0 Å². The van der Waals surface area contributed by atoms with E-state index < -0.39 is 11.8 Å². The van der Waals surface area contributed by atoms with Crippen LogP contribution in [0.25, 0.3) is 11.1 Å². The molecule has 102 valence electrons. The van der Waals surface area contributed by atoms with Crippen molar-refractivity contribution in [3.8, 4) is 11.1 Å². The van der Waals surface area contributed by atoms with Crippen LogP contribution in [-0.4, -0.2) is 11.8 Å². The number of nitrogens with one attached hydrogen (secondary N) is 2. The van der Waals surface area contributed by atoms with Gasteiger partial charge in [-0.05, 0) is 29.3 Å². The molecule has 0 atom stereocenters. The van der Waals surface area contributed by atoms with Crippen molar-refractivity contribution >= 4 is 11.8 Å². The Kier molecular flexibility index (Phi) is 4.09. The van der Waals surface area contributed by atoms with Gasteiger partial charge in [-0.3, -0.25) is 20.4 Å². The van der Waals surface area contributed by atoms with Crippen molar-refractivity contribution in [1.82, 2.24) is 10.9 Å². The Morgan fingerprint density at radius 2 is 1.25 bits per heavy atom. The summed E-state index contributed by atoms with van der Waals surface area (Å²) in [6.45, 7) is 0. The summed E-state index contributed by atoms with van der Waals surface area (Å²) in [6.07, 6.45) is 0. The minimum absolute atomic E-state index is 0.285. The zero-order chi connectivity index (χ0) is 14.5. The van der Waals surface area contributed by atoms with Crippen molar-refractivity contribution in [3.05, 3.63) is 59.7 Å². The Bertz CT molecular complexity index is 607. The normalized spacial score (nSPS) is 9.90. The zero-order valence-electron chi connectivity index (χ0n) is 10.6. The fourth-order valence-corrected chi connectivity index (χ4v) is 1.85. The molecule has 0 saturated carbocycles. The van der Waals surface area contributed by atoms with E-state index in [0.717, 1.165) is 11.1 Å². The van der Waals surface area contributed by atoms with Crippen LogP contribution in [-0.2, 0) is 0 Å². The summed E-state index contributed by atoms with van der Waals surface area (Å²) >= 11 is 0. The van der Waals surface area contributed by atoms with Gasteiger partial charge in [0.1, 0.15) is 0 Å². The molecule has 0 aromatic heterocycles. The smallest absolute Gasteiger partial charge is 0.265 e. The summed E-state index contributed by atoms with van der Waals surface area (Å²) in [4.78, 5) is 23.3. The Hall–Kier alpha value is -2.70. The van der Waals surface area contributed by atoms with Crippen LogP contribution in [0.15, 0.2) is 48.5 Å². The van der Waals surface area contributed by atoms with E-state index in [0.29, 0.717) is 0 Å². The van der Waals surface area contributed by atoms with Crippen molar-refractivity contribution in [2.45, 2.75) is 0 Å². The summed E-state index contributed by atoms with van der Waals surface area (Å²) in [5, 5.41) is 0. The third-order valence-corrected chi connectivity index (χ3v) is 2.83. The molecule has 0 aliphatic rings. The molecule has 0 unspecified atom stereocenters. The molecule has 0 radical (unpaired) electrons. The monoisotopic (exact) mass is 270 g/mol. The minimum Gasteiger partial charge on any atom is -0.290 e. The molecular formula is C14H14N4O2. The fourth-order valence-electron chi connectivity index (χ4n) is 1.85. The van der Waals surface area contributed by atoms with Gasteiger partial charge in [-0.2, -0.15) is 0 Å². The molecule has 2 aromatic carbocycles. The molecule has 0 fully saturated rings. The number of carbonyl (C=O) groups excluding carboxylic acids is 2. The van der Waals surface area contributed by atoms with Gasteiger partial charge in [0, 0.05) is 11.1 Å². The Morgan fingerprint density at radius 1 is 0.750 bits per heavy atom. The molecule has 0 bridgehead atoms. The number of hydrazine groups is 2. The predicted octanol–water partition coefficient (Wildman–Crippen LogP) is 0.561. The molecule has 2 aromatic rings. The lowest BCUT2D eigenvalue weighted by molar-refractivity contribution is 0.0953. The summed E-state index contributed by atoms with van der Waals surface area (Å²) in [5.41, 5.74) is 6.26. The highest BCUT2D eigenvalue weighted by Gasteiger charge is 2.12. The lowest BCUT2D eigenvalue weighted by Crippen LogP contribution is -2.32. The van der Waals surface area contributed by atoms with E-state index in [-0.39, 0.29) is 11.1 Å². The molecule has 0 spiro atoms. The highest BCUT2D eigenvalue weighted by Crippen LogP contribution is 2.22. The van der Waals surface area contributed by atoms with Crippen molar-refractivity contribution in [3.63, 3.8) is 0 Å². The second-order valence-corrected chi connectivity index (χ2v) is 4.11. The second-order valence-electron chi connectivity index (χ2n) is 4.11. The first-order valence-electron chi connectivity index (χ1n) is 5.88. The summed E-state index contributed by atoms with van der Waals surface area (Å²) in [5.74, 6) is 9.30. The summed E-state index contributed by atoms with van der Waals surface area (Å²) in [7, 11) is 0. The van der Waals surface area contributed by atoms with E-state index in [4.69, 9.17) is 11.7 Å². The Labute approximate surface area is 115 Å². The standard InChI is InChI=1S/C14H14N4O2/c15-17-13(19)11-6-10(9-4-2-1-3-5-9)7-12(8-11)14(20)18-16/h1-8H,15-16H2,(H,17,19)(H,18,20). The van der Waals surface area contributed by atoms with Gasteiger partial charge in [0.15, 0.2) is 0 Å². The highest BCUT2D eigenvalue weighted by molar-refractivity contribution is 6.01. The van der Waals surface area contributed by atoms with Gasteiger partial charge in [-0.1, -0.05) is 30.3 Å². The van der Waals surface area contributed by atoms with E-state index in [1.54, 1.807) is 12.1 Å². The van der Waals surface area contributed by atoms with Crippen LogP contribution in [0.1, 0.15) is 20.7 Å². The molecule has 6 nitrogen and oxygen atoms in total. The summed E-state index contributed by atoms with van der Waals surface area (Å²) in [6, 6.07) is 14.1. The molecule has 0 aliphatic carbocycles. The van der Waals surface area contributed by atoms with E-state index in [1.807, 2.05) is 41.2 Å². The average molecular weight is 270 g/mol. The highest BCUT2D eigenvalue weighted by atomic mass is 16.2. The van der Waals surface area contributed by atoms with Crippen molar-refractivity contribution in [1.29, 1.82) is 0 Å². The Balaban J connectivity index is 2.57. The predicted molar refractivity (Wildman–Crippen MR) is 75.2 cm³/mol. The molecule has 20 heavy (non-hydrogen) atoms. The van der Waals surface area contributed by atoms with Crippen LogP contribution in [0.5, 0.6) is 0 Å². The second kappa shape index (κ2) is 5.96. The van der Waals surface area contributed by atoms with Gasteiger partial charge in [0.2, 0.25) is 0 Å². The summed E-state index contributed by atoms with van der Waals surface area (Å²) < 4.78 is 0. The van der Waals surface area contributed by atoms with Gasteiger partial charge in [0.25, 0.3) is 11.8 Å². The van der Waals surface area contributed by atoms with Crippen LogP contribution in [0.2, 0.25) is 0 Å². The lowest BCUT2D eigenvalue weighted by Gasteiger charge is -2.08. The quantitative estimate of drug-likeness (QED) is 0.371. The number of benzene rings is 2. The number of amides is 2. The largest absolute Gasteiger partial charge is 0.290 e. The number of nitrogen functional groups attached to an aromatic ring is 2. The zero-order valence-corrected chi connectivity index (χ0v) is 10.6. The molecule has 6 heteroatoms. The van der Waals surface area contributed by atoms with Crippen LogP contribution in [0.3, 0.4) is 0 Å². The number of hydrogen-bond acceptors (Lipinski definition) is 4. The van der Waals surface area contributed by atoms with Crippen LogP contribution >= 0.6 is 0 Å². The van der Waals surface area contributed by atoms with Crippen molar-refractivity contribution in [2.24, 2.45) is 11.7 Å². The molecule has 0 aliphatic heterocycles. The maximum atomic E-state index is 11.7. The van der Waals surface area contributed by atoms with Gasteiger partial charge in [-0.25, -0.2) is 11.7 Å². The number of rotatable bonds is 3. The first-order valence-corrected chi connectivity index (χ1v) is 5.88. The average Bonchev–Trinajstić information content (AvgIpc) is 2.53.